The van der Waals surface area contributed by atoms with E-state index in [2.05, 4.69) is 10.5 Å². The third-order valence-electron chi connectivity index (χ3n) is 3.61. The molecular weight excluding hydrogens is 324 g/mol. The van der Waals surface area contributed by atoms with Crippen LogP contribution in [0.1, 0.15) is 5.56 Å². The van der Waals surface area contributed by atoms with Gasteiger partial charge in [-0.2, -0.15) is 5.10 Å². The smallest absolute Gasteiger partial charge is 0.284 e. The number of hydrogen-bond acceptors (Lipinski definition) is 6. The maximum Gasteiger partial charge on any atom is 0.284 e. The summed E-state index contributed by atoms with van der Waals surface area (Å²) in [6.45, 7) is 0.126. The van der Waals surface area contributed by atoms with E-state index in [0.29, 0.717) is 28.6 Å². The molecule has 0 aliphatic carbocycles. The van der Waals surface area contributed by atoms with Crippen molar-refractivity contribution in [3.8, 4) is 23.0 Å². The van der Waals surface area contributed by atoms with Crippen molar-refractivity contribution in [1.29, 1.82) is 0 Å². The number of methoxy groups -OCH3 is 2. The second-order valence-electron chi connectivity index (χ2n) is 5.18. The Morgan fingerprint density at radius 2 is 1.96 bits per heavy atom. The van der Waals surface area contributed by atoms with Crippen LogP contribution in [-0.2, 0) is 4.79 Å². The zero-order chi connectivity index (χ0) is 17.6. The monoisotopic (exact) mass is 342 g/mol. The largest absolute Gasteiger partial charge is 0.493 e. The molecule has 1 heterocycles. The molecule has 0 saturated carbocycles. The predicted octanol–water partition coefficient (Wildman–Crippen LogP) is 1.99. The van der Waals surface area contributed by atoms with Crippen LogP contribution in [0.5, 0.6) is 23.0 Å². The molecule has 1 atom stereocenters. The topological polar surface area (TPSA) is 78.4 Å². The van der Waals surface area contributed by atoms with Gasteiger partial charge in [-0.3, -0.25) is 4.79 Å². The number of fused-ring (bicyclic) bond motifs is 1. The number of para-hydroxylation sites is 3. The molecule has 130 valence electrons. The highest BCUT2D eigenvalue weighted by atomic mass is 16.6. The third kappa shape index (κ3) is 3.65. The van der Waals surface area contributed by atoms with Crippen molar-refractivity contribution in [3.63, 3.8) is 0 Å². The first-order chi connectivity index (χ1) is 12.2. The minimum absolute atomic E-state index is 0.126. The van der Waals surface area contributed by atoms with Crippen molar-refractivity contribution in [2.45, 2.75) is 6.10 Å². The number of ether oxygens (including phenoxy) is 4. The van der Waals surface area contributed by atoms with E-state index in [0.717, 1.165) is 0 Å². The van der Waals surface area contributed by atoms with E-state index < -0.39 is 12.0 Å². The first-order valence-corrected chi connectivity index (χ1v) is 7.65. The van der Waals surface area contributed by atoms with Gasteiger partial charge in [0.2, 0.25) is 6.10 Å². The highest BCUT2D eigenvalue weighted by Gasteiger charge is 2.27. The van der Waals surface area contributed by atoms with Gasteiger partial charge in [-0.25, -0.2) is 5.43 Å². The first kappa shape index (κ1) is 16.6. The van der Waals surface area contributed by atoms with E-state index in [1.807, 2.05) is 12.1 Å². The molecule has 2 aromatic carbocycles. The zero-order valence-corrected chi connectivity index (χ0v) is 13.9. The fourth-order valence-corrected chi connectivity index (χ4v) is 2.40. The Bertz CT molecular complexity index is 791. The van der Waals surface area contributed by atoms with Crippen LogP contribution in [0.3, 0.4) is 0 Å². The molecule has 0 spiro atoms. The van der Waals surface area contributed by atoms with Gasteiger partial charge < -0.3 is 18.9 Å². The predicted molar refractivity (Wildman–Crippen MR) is 91.6 cm³/mol. The molecule has 0 bridgehead atoms. The summed E-state index contributed by atoms with van der Waals surface area (Å²) < 4.78 is 21.7. The van der Waals surface area contributed by atoms with Crippen LogP contribution in [0.2, 0.25) is 0 Å². The van der Waals surface area contributed by atoms with E-state index in [-0.39, 0.29) is 6.61 Å². The molecule has 1 N–H and O–H groups in total. The van der Waals surface area contributed by atoms with Crippen molar-refractivity contribution in [2.75, 3.05) is 20.8 Å². The van der Waals surface area contributed by atoms with Gasteiger partial charge in [0.1, 0.15) is 6.61 Å². The lowest BCUT2D eigenvalue weighted by Gasteiger charge is -2.24. The second-order valence-corrected chi connectivity index (χ2v) is 5.18. The molecule has 0 unspecified atom stereocenters. The minimum Gasteiger partial charge on any atom is -0.493 e. The molecule has 2 aromatic rings. The van der Waals surface area contributed by atoms with Crippen molar-refractivity contribution in [3.05, 3.63) is 48.0 Å². The summed E-state index contributed by atoms with van der Waals surface area (Å²) in [6.07, 6.45) is 0.718. The number of nitrogens with one attached hydrogen (secondary N) is 1. The molecule has 7 nitrogen and oxygen atoms in total. The number of hydrazone groups is 1. The number of carbonyl (C=O) groups excluding carboxylic acids is 1. The van der Waals surface area contributed by atoms with Crippen LogP contribution in [0.15, 0.2) is 47.6 Å². The third-order valence-corrected chi connectivity index (χ3v) is 3.61. The Balaban J connectivity index is 1.64. The lowest BCUT2D eigenvalue weighted by atomic mass is 10.2. The van der Waals surface area contributed by atoms with Gasteiger partial charge in [-0.05, 0) is 24.3 Å². The van der Waals surface area contributed by atoms with Crippen LogP contribution in [0, 0.1) is 0 Å². The first-order valence-electron chi connectivity index (χ1n) is 7.65. The lowest BCUT2D eigenvalue weighted by molar-refractivity contribution is -0.130. The maximum atomic E-state index is 12.2. The molecule has 7 heteroatoms. The summed E-state index contributed by atoms with van der Waals surface area (Å²) in [7, 11) is 3.09. The Hall–Kier alpha value is -3.22. The summed E-state index contributed by atoms with van der Waals surface area (Å²) in [5.41, 5.74) is 3.12. The number of amides is 1. The Morgan fingerprint density at radius 3 is 2.72 bits per heavy atom. The molecule has 1 aliphatic heterocycles. The van der Waals surface area contributed by atoms with Crippen LogP contribution in [0.4, 0.5) is 0 Å². The van der Waals surface area contributed by atoms with Crippen LogP contribution >= 0.6 is 0 Å². The van der Waals surface area contributed by atoms with Gasteiger partial charge in [0.25, 0.3) is 5.91 Å². The summed E-state index contributed by atoms with van der Waals surface area (Å²) in [4.78, 5) is 12.2. The van der Waals surface area contributed by atoms with Gasteiger partial charge >= 0.3 is 0 Å². The van der Waals surface area contributed by atoms with E-state index in [4.69, 9.17) is 18.9 Å². The van der Waals surface area contributed by atoms with Crippen molar-refractivity contribution >= 4 is 12.1 Å². The summed E-state index contributed by atoms with van der Waals surface area (Å²) in [6, 6.07) is 12.6. The summed E-state index contributed by atoms with van der Waals surface area (Å²) >= 11 is 0. The van der Waals surface area contributed by atoms with Gasteiger partial charge in [0.15, 0.2) is 23.0 Å². The molecule has 3 rings (SSSR count). The Morgan fingerprint density at radius 1 is 1.16 bits per heavy atom. The fourth-order valence-electron chi connectivity index (χ4n) is 2.40. The van der Waals surface area contributed by atoms with Crippen molar-refractivity contribution in [1.82, 2.24) is 5.43 Å². The Kier molecular flexibility index (Phi) is 5.03. The maximum absolute atomic E-state index is 12.2. The molecule has 0 fully saturated rings. The van der Waals surface area contributed by atoms with E-state index >= 15 is 0 Å². The van der Waals surface area contributed by atoms with Gasteiger partial charge in [0, 0.05) is 5.56 Å². The number of benzene rings is 2. The zero-order valence-electron chi connectivity index (χ0n) is 13.9. The number of carbonyl (C=O) groups is 1. The molecule has 25 heavy (non-hydrogen) atoms. The quantitative estimate of drug-likeness (QED) is 0.664. The highest BCUT2D eigenvalue weighted by Crippen LogP contribution is 2.31. The molecule has 0 radical (unpaired) electrons. The van der Waals surface area contributed by atoms with Crippen LogP contribution in [0.25, 0.3) is 0 Å². The average molecular weight is 342 g/mol. The average Bonchev–Trinajstić information content (AvgIpc) is 2.67. The standard InChI is InChI=1S/C18H18N2O5/c1-22-15-9-5-6-12(17(15)23-2)10-19-20-18(21)16-11-24-13-7-3-4-8-14(13)25-16/h3-10,16H,11H2,1-2H3,(H,20,21)/b19-10-/t16-/m1/s1. The molecule has 0 saturated heterocycles. The van der Waals surface area contributed by atoms with E-state index in [1.54, 1.807) is 44.6 Å². The molecule has 0 aromatic heterocycles. The highest BCUT2D eigenvalue weighted by molar-refractivity contribution is 5.87. The number of nitrogens with zero attached hydrogens (tertiary/aromatic N) is 1. The number of rotatable bonds is 5. The molecular formula is C18H18N2O5. The molecule has 1 amide bonds. The van der Waals surface area contributed by atoms with Crippen LogP contribution < -0.4 is 24.4 Å². The fraction of sp³-hybridized carbons (Fsp3) is 0.222. The van der Waals surface area contributed by atoms with E-state index in [1.165, 1.54) is 6.21 Å². The summed E-state index contributed by atoms with van der Waals surface area (Å²) in [5, 5.41) is 3.96. The SMILES string of the molecule is COc1cccc(/C=N\NC(=O)[C@H]2COc3ccccc3O2)c1OC. The van der Waals surface area contributed by atoms with Gasteiger partial charge in [-0.1, -0.05) is 18.2 Å². The van der Waals surface area contributed by atoms with Crippen LogP contribution in [-0.4, -0.2) is 39.1 Å². The van der Waals surface area contributed by atoms with Crippen molar-refractivity contribution < 1.29 is 23.7 Å². The normalized spacial score (nSPS) is 15.7. The Labute approximate surface area is 145 Å². The summed E-state index contributed by atoms with van der Waals surface area (Å²) in [5.74, 6) is 1.88. The lowest BCUT2D eigenvalue weighted by Crippen LogP contribution is -2.42. The van der Waals surface area contributed by atoms with Gasteiger partial charge in [-0.15, -0.1) is 0 Å². The minimum atomic E-state index is -0.765. The van der Waals surface area contributed by atoms with Gasteiger partial charge in [0.05, 0.1) is 20.4 Å². The molecule has 1 aliphatic rings. The van der Waals surface area contributed by atoms with Crippen molar-refractivity contribution in [2.24, 2.45) is 5.10 Å². The van der Waals surface area contributed by atoms with E-state index in [9.17, 15) is 4.79 Å². The second kappa shape index (κ2) is 7.57. The number of hydrogen-bond donors (Lipinski definition) is 1.